The molecule has 55 heavy (non-hydrogen) atoms. The fourth-order valence-corrected chi connectivity index (χ4v) is 10.7. The van der Waals surface area contributed by atoms with Gasteiger partial charge in [0.25, 0.3) is 5.69 Å². The number of pyridine rings is 1. The van der Waals surface area contributed by atoms with Gasteiger partial charge in [-0.1, -0.05) is 24.6 Å². The smallest absolute Gasteiger partial charge is 0.317 e. The summed E-state index contributed by atoms with van der Waals surface area (Å²) in [5, 5.41) is 35.8. The van der Waals surface area contributed by atoms with E-state index >= 15 is 4.39 Å². The Morgan fingerprint density at radius 3 is 2.71 bits per heavy atom. The second kappa shape index (κ2) is 13.5. The van der Waals surface area contributed by atoms with E-state index in [-0.39, 0.29) is 42.1 Å². The molecule has 2 heterocycles. The number of rotatable bonds is 9. The second-order valence-corrected chi connectivity index (χ2v) is 18.2. The first kappa shape index (κ1) is 39.6. The number of nitriles is 1. The van der Waals surface area contributed by atoms with E-state index in [1.54, 1.807) is 37.5 Å². The topological polar surface area (TPSA) is 202 Å². The van der Waals surface area contributed by atoms with Crippen LogP contribution in [0, 0.1) is 34.0 Å². The first-order valence-corrected chi connectivity index (χ1v) is 20.0. The van der Waals surface area contributed by atoms with Crippen LogP contribution in [0.5, 0.6) is 5.75 Å². The van der Waals surface area contributed by atoms with Gasteiger partial charge in [0.2, 0.25) is 0 Å². The number of nitrogens with zero attached hydrogens (tertiary/aromatic N) is 2. The van der Waals surface area contributed by atoms with E-state index < -0.39 is 78.6 Å². The molecule has 1 aromatic heterocycles. The molecule has 1 aromatic carbocycles. The normalized spacial score (nSPS) is 36.7. The molecule has 294 valence electrons. The van der Waals surface area contributed by atoms with Gasteiger partial charge < -0.3 is 39.3 Å². The predicted octanol–water partition coefficient (Wildman–Crippen LogP) is 3.84. The molecule has 4 fully saturated rings. The van der Waals surface area contributed by atoms with Crippen LogP contribution in [0.3, 0.4) is 0 Å². The molecule has 1 aliphatic heterocycles. The number of phosphoric ester groups is 1. The predicted molar refractivity (Wildman–Crippen MR) is 192 cm³/mol. The maximum absolute atomic E-state index is 17.8. The highest BCUT2D eigenvalue weighted by Gasteiger charge is 2.79. The van der Waals surface area contributed by atoms with Gasteiger partial charge in [-0.2, -0.15) is 9.83 Å². The molecule has 4 N–H and O–H groups in total. The van der Waals surface area contributed by atoms with Crippen molar-refractivity contribution in [3.05, 3.63) is 77.7 Å². The summed E-state index contributed by atoms with van der Waals surface area (Å²) >= 11 is 0. The van der Waals surface area contributed by atoms with Crippen LogP contribution < -0.4 is 19.3 Å². The number of aromatic nitrogens is 1. The van der Waals surface area contributed by atoms with Gasteiger partial charge in [-0.3, -0.25) is 14.2 Å². The molecule has 0 amide bonds. The van der Waals surface area contributed by atoms with Crippen LogP contribution in [-0.2, 0) is 23.6 Å². The molecule has 15 heteroatoms. The van der Waals surface area contributed by atoms with E-state index in [0.29, 0.717) is 29.5 Å². The van der Waals surface area contributed by atoms with Crippen molar-refractivity contribution in [1.82, 2.24) is 5.32 Å². The van der Waals surface area contributed by atoms with Crippen molar-refractivity contribution in [2.75, 3.05) is 6.54 Å². The fraction of sp³-hybridized carbons (Fsp3) is 0.550. The van der Waals surface area contributed by atoms with Gasteiger partial charge in [0, 0.05) is 41.0 Å². The summed E-state index contributed by atoms with van der Waals surface area (Å²) in [5.74, 6) is -2.19. The number of ketones is 2. The van der Waals surface area contributed by atoms with Gasteiger partial charge in [-0.25, -0.2) is 4.39 Å². The number of hydrogen-bond acceptors (Lipinski definition) is 11. The number of fused-ring (bicyclic) bond motifs is 7. The number of benzene rings is 1. The van der Waals surface area contributed by atoms with Crippen molar-refractivity contribution in [1.29, 1.82) is 5.26 Å². The second-order valence-electron chi connectivity index (χ2n) is 17.0. The Kier molecular flexibility index (Phi) is 9.71. The summed E-state index contributed by atoms with van der Waals surface area (Å²) in [7, 11) is -5.26. The zero-order valence-electron chi connectivity index (χ0n) is 31.4. The summed E-state index contributed by atoms with van der Waals surface area (Å²) in [4.78, 5) is 48.0. The zero-order chi connectivity index (χ0) is 39.9. The highest BCUT2D eigenvalue weighted by molar-refractivity contribution is 7.45. The molecule has 4 aliphatic carbocycles. The molecular weight excluding hydrogens is 732 g/mol. The molecule has 0 radical (unpaired) electrons. The van der Waals surface area contributed by atoms with Crippen molar-refractivity contribution >= 4 is 19.4 Å². The van der Waals surface area contributed by atoms with Crippen LogP contribution in [0.1, 0.15) is 90.2 Å². The number of aliphatic hydroxyl groups is 2. The number of carbonyl (C=O) groups excluding carboxylic acids is 2. The Balaban J connectivity index is 1.24. The lowest BCUT2D eigenvalue weighted by molar-refractivity contribution is -0.597. The maximum atomic E-state index is 17.8. The molecule has 0 bridgehead atoms. The summed E-state index contributed by atoms with van der Waals surface area (Å²) in [6.07, 6.45) is 3.24. The number of β-amino-alcohol motifs (C(OH)–C–C–N with tert-alkyl or cyclic N) is 1. The first-order chi connectivity index (χ1) is 25.7. The fourth-order valence-electron chi connectivity index (χ4n) is 10.3. The van der Waals surface area contributed by atoms with Gasteiger partial charge in [-0.15, -0.1) is 0 Å². The molecule has 2 aromatic rings. The lowest BCUT2D eigenvalue weighted by Gasteiger charge is -2.62. The maximum Gasteiger partial charge on any atom is 0.317 e. The van der Waals surface area contributed by atoms with Crippen LogP contribution in [0.4, 0.5) is 4.39 Å². The number of ether oxygens (including phenoxy) is 2. The Hall–Kier alpha value is -3.64. The van der Waals surface area contributed by atoms with Gasteiger partial charge in [0.15, 0.2) is 47.3 Å². The Morgan fingerprint density at radius 1 is 1.27 bits per heavy atom. The largest absolute Gasteiger partial charge is 0.746 e. The number of halogens is 1. The molecule has 0 spiro atoms. The van der Waals surface area contributed by atoms with Crippen molar-refractivity contribution < 1.29 is 57.1 Å². The standard InChI is InChI=1S/C40H47FN3O10P/c1-36(2,3)43-21-30(46)23-8-11-31(54-55(49,50)51)29(17-23)44-16-6-7-24(22-44)35-52-34-19-28-27-10-9-25-18-26(45)12-14-37(25,4)39(27,41)33(48)20-38(28,5)40(34,53-35)32(47)13-15-42/h6-8,11-12,14,16-18,22,27-28,30,33-35,43,46,48H,9-10,13,19-21H2,1-5H3,(H-,49,50,51)/t27-,28-,30?,33-,34+,35+,37-,38-,39-,40+/m0/s1. The van der Waals surface area contributed by atoms with Crippen LogP contribution in [0.25, 0.3) is 5.69 Å². The number of phosphoric acid groups is 1. The van der Waals surface area contributed by atoms with Crippen LogP contribution in [0.15, 0.2) is 66.5 Å². The lowest BCUT2D eigenvalue weighted by Crippen LogP contribution is -2.69. The average Bonchev–Trinajstić information content (AvgIpc) is 3.61. The van der Waals surface area contributed by atoms with Gasteiger partial charge in [0.05, 0.1) is 36.4 Å². The van der Waals surface area contributed by atoms with E-state index in [0.717, 1.165) is 0 Å². The Bertz CT molecular complexity index is 2070. The van der Waals surface area contributed by atoms with Crippen molar-refractivity contribution in [2.45, 2.75) is 108 Å². The number of aliphatic hydroxyl groups excluding tert-OH is 2. The number of nitrogens with one attached hydrogen (secondary N) is 1. The van der Waals surface area contributed by atoms with E-state index in [9.17, 15) is 39.4 Å². The third kappa shape index (κ3) is 6.33. The van der Waals surface area contributed by atoms with Crippen LogP contribution in [0.2, 0.25) is 0 Å². The third-order valence-corrected chi connectivity index (χ3v) is 13.2. The van der Waals surface area contributed by atoms with Gasteiger partial charge in [0.1, 0.15) is 0 Å². The molecule has 7 rings (SSSR count). The lowest BCUT2D eigenvalue weighted by atomic mass is 9.44. The molecule has 3 saturated carbocycles. The third-order valence-electron chi connectivity index (χ3n) is 12.8. The van der Waals surface area contributed by atoms with E-state index in [4.69, 9.17) is 14.0 Å². The number of alkyl halides is 1. The van der Waals surface area contributed by atoms with E-state index in [1.165, 1.54) is 34.9 Å². The summed E-state index contributed by atoms with van der Waals surface area (Å²) < 4.78 is 49.4. The molecular formula is C40H47FN3O10P. The number of carbonyl (C=O) groups is 2. The van der Waals surface area contributed by atoms with Gasteiger partial charge in [-0.05, 0) is 89.1 Å². The number of allylic oxidation sites excluding steroid dienone is 4. The monoisotopic (exact) mass is 779 g/mol. The van der Waals surface area contributed by atoms with Crippen LogP contribution >= 0.6 is 7.82 Å². The minimum absolute atomic E-state index is 0.145. The molecule has 13 nitrogen and oxygen atoms in total. The molecule has 11 atom stereocenters. The van der Waals surface area contributed by atoms with Gasteiger partial charge >= 0.3 is 7.82 Å². The zero-order valence-corrected chi connectivity index (χ0v) is 32.3. The number of Topliss-reactive ketones (excluding diaryl/α,β-unsaturated/α-hetero) is 1. The minimum atomic E-state index is -5.26. The van der Waals surface area contributed by atoms with Crippen molar-refractivity contribution in [2.24, 2.45) is 22.7 Å². The number of hydrogen-bond donors (Lipinski definition) is 4. The Morgan fingerprint density at radius 2 is 2.02 bits per heavy atom. The summed E-state index contributed by atoms with van der Waals surface area (Å²) in [6, 6.07) is 9.58. The molecule has 2 unspecified atom stereocenters. The quantitative estimate of drug-likeness (QED) is 0.212. The SMILES string of the molecule is CC(C)(C)NCC(O)c1ccc(OP(=O)([O-])O)c(-[n+]2cccc([C@@H]3O[C@@H]4C[C@H]5[C@@H]6CCC7=CC(=O)C=C[C@]7(C)[C@@]6(F)[C@@H](O)C[C@]5(C)[C@]4(C(=O)CC#N)O3)c2)c1. The van der Waals surface area contributed by atoms with Crippen molar-refractivity contribution in [3.8, 4) is 17.5 Å². The summed E-state index contributed by atoms with van der Waals surface area (Å²) in [6.45, 7) is 9.55. The molecule has 1 saturated heterocycles. The van der Waals surface area contributed by atoms with E-state index in [1.807, 2.05) is 33.8 Å². The first-order valence-electron chi connectivity index (χ1n) is 18.5. The highest BCUT2D eigenvalue weighted by atomic mass is 31.2. The molecule has 5 aliphatic rings. The van der Waals surface area contributed by atoms with E-state index in [2.05, 4.69) is 5.32 Å². The average molecular weight is 780 g/mol. The minimum Gasteiger partial charge on any atom is -0.746 e. The Labute approximate surface area is 319 Å². The highest BCUT2D eigenvalue weighted by Crippen LogP contribution is 2.72. The summed E-state index contributed by atoms with van der Waals surface area (Å²) in [5.41, 5.74) is -4.95. The van der Waals surface area contributed by atoms with Crippen molar-refractivity contribution in [3.63, 3.8) is 0 Å². The van der Waals surface area contributed by atoms with Crippen LogP contribution in [-0.4, -0.2) is 62.2 Å².